The average molecular weight is 271 g/mol. The molecule has 1 aliphatic carbocycles. The second kappa shape index (κ2) is 5.10. The van der Waals surface area contributed by atoms with Gasteiger partial charge in [-0.05, 0) is 67.9 Å². The van der Waals surface area contributed by atoms with Gasteiger partial charge < -0.3 is 5.73 Å². The molecule has 0 bridgehead atoms. The van der Waals surface area contributed by atoms with Crippen molar-refractivity contribution in [2.24, 2.45) is 5.73 Å². The summed E-state index contributed by atoms with van der Waals surface area (Å²) < 4.78 is 0. The number of benzene rings is 1. The molecule has 0 radical (unpaired) electrons. The van der Waals surface area contributed by atoms with E-state index in [1.165, 1.54) is 57.7 Å². The molecular weight excluding hydrogens is 250 g/mol. The Morgan fingerprint density at radius 3 is 2.47 bits per heavy atom. The Morgan fingerprint density at radius 1 is 1.05 bits per heavy atom. The van der Waals surface area contributed by atoms with Crippen LogP contribution in [-0.4, -0.2) is 0 Å². The zero-order chi connectivity index (χ0) is 13.4. The molecule has 2 heteroatoms. The summed E-state index contributed by atoms with van der Waals surface area (Å²) in [4.78, 5) is 2.66. The summed E-state index contributed by atoms with van der Waals surface area (Å²) in [5.74, 6) is 0. The quantitative estimate of drug-likeness (QED) is 0.866. The van der Waals surface area contributed by atoms with Crippen molar-refractivity contribution in [1.29, 1.82) is 0 Å². The van der Waals surface area contributed by atoms with E-state index in [2.05, 4.69) is 38.1 Å². The van der Waals surface area contributed by atoms with Gasteiger partial charge in [0.1, 0.15) is 0 Å². The van der Waals surface area contributed by atoms with Gasteiger partial charge in [-0.1, -0.05) is 18.2 Å². The van der Waals surface area contributed by atoms with Crippen molar-refractivity contribution in [3.63, 3.8) is 0 Å². The first kappa shape index (κ1) is 12.9. The molecule has 2 N–H and O–H groups in total. The fourth-order valence-corrected chi connectivity index (χ4v) is 3.94. The molecule has 1 heterocycles. The Labute approximate surface area is 119 Å². The van der Waals surface area contributed by atoms with Gasteiger partial charge in [-0.25, -0.2) is 0 Å². The summed E-state index contributed by atoms with van der Waals surface area (Å²) >= 11 is 1.83. The molecule has 3 rings (SSSR count). The molecule has 0 fully saturated rings. The normalized spacial score (nSPS) is 16.2. The summed E-state index contributed by atoms with van der Waals surface area (Å²) in [5, 5.41) is 0. The number of aryl methyl sites for hydroxylation is 4. The first-order chi connectivity index (χ1) is 9.15. The Kier molecular flexibility index (Phi) is 3.46. The van der Waals surface area contributed by atoms with Crippen LogP contribution in [0.15, 0.2) is 24.3 Å². The molecule has 1 aromatic heterocycles. The maximum atomic E-state index is 6.44. The Balaban J connectivity index is 1.93. The second-order valence-corrected chi connectivity index (χ2v) is 6.89. The standard InChI is InChI=1S/C17H21NS/c1-11-9-16(19-12(11)2)17(18)15-8-7-13-5-3-4-6-14(13)10-15/h7-10,17H,3-6,18H2,1-2H3. The molecule has 0 aliphatic heterocycles. The number of rotatable bonds is 2. The molecule has 1 aliphatic rings. The van der Waals surface area contributed by atoms with Crippen LogP contribution in [0.1, 0.15) is 50.9 Å². The van der Waals surface area contributed by atoms with Crippen molar-refractivity contribution in [2.45, 2.75) is 45.6 Å². The molecule has 1 unspecified atom stereocenters. The topological polar surface area (TPSA) is 26.0 Å². The highest BCUT2D eigenvalue weighted by molar-refractivity contribution is 7.12. The zero-order valence-electron chi connectivity index (χ0n) is 11.7. The van der Waals surface area contributed by atoms with Gasteiger partial charge in [0.15, 0.2) is 0 Å². The average Bonchev–Trinajstić information content (AvgIpc) is 2.77. The predicted octanol–water partition coefficient (Wildman–Crippen LogP) is 4.29. The number of thiophene rings is 1. The van der Waals surface area contributed by atoms with Gasteiger partial charge in [-0.3, -0.25) is 0 Å². The van der Waals surface area contributed by atoms with Crippen LogP contribution in [0.3, 0.4) is 0 Å². The molecule has 100 valence electrons. The lowest BCUT2D eigenvalue weighted by atomic mass is 9.89. The number of fused-ring (bicyclic) bond motifs is 1. The summed E-state index contributed by atoms with van der Waals surface area (Å²) in [6.45, 7) is 4.33. The van der Waals surface area contributed by atoms with Gasteiger partial charge in [-0.15, -0.1) is 11.3 Å². The molecule has 0 spiro atoms. The van der Waals surface area contributed by atoms with E-state index >= 15 is 0 Å². The van der Waals surface area contributed by atoms with Crippen molar-refractivity contribution < 1.29 is 0 Å². The summed E-state index contributed by atoms with van der Waals surface area (Å²) in [5.41, 5.74) is 12.1. The van der Waals surface area contributed by atoms with E-state index in [0.29, 0.717) is 0 Å². The van der Waals surface area contributed by atoms with E-state index in [-0.39, 0.29) is 6.04 Å². The number of hydrogen-bond acceptors (Lipinski definition) is 2. The predicted molar refractivity (Wildman–Crippen MR) is 82.9 cm³/mol. The van der Waals surface area contributed by atoms with Crippen LogP contribution in [0, 0.1) is 13.8 Å². The Morgan fingerprint density at radius 2 is 1.79 bits per heavy atom. The highest BCUT2D eigenvalue weighted by Gasteiger charge is 2.15. The van der Waals surface area contributed by atoms with Crippen molar-refractivity contribution in [3.05, 3.63) is 56.3 Å². The number of nitrogens with two attached hydrogens (primary N) is 1. The van der Waals surface area contributed by atoms with Gasteiger partial charge in [0.25, 0.3) is 0 Å². The molecule has 2 aromatic rings. The van der Waals surface area contributed by atoms with E-state index in [9.17, 15) is 0 Å². The molecule has 19 heavy (non-hydrogen) atoms. The van der Waals surface area contributed by atoms with Crippen LogP contribution >= 0.6 is 11.3 Å². The highest BCUT2D eigenvalue weighted by Crippen LogP contribution is 2.31. The van der Waals surface area contributed by atoms with Crippen molar-refractivity contribution in [3.8, 4) is 0 Å². The van der Waals surface area contributed by atoms with Crippen LogP contribution < -0.4 is 5.73 Å². The highest BCUT2D eigenvalue weighted by atomic mass is 32.1. The third-order valence-corrected chi connectivity index (χ3v) is 5.46. The maximum Gasteiger partial charge on any atom is 0.0646 e. The van der Waals surface area contributed by atoms with Crippen LogP contribution in [0.2, 0.25) is 0 Å². The lowest BCUT2D eigenvalue weighted by Gasteiger charge is -2.18. The van der Waals surface area contributed by atoms with Crippen molar-refractivity contribution in [1.82, 2.24) is 0 Å². The molecule has 0 saturated carbocycles. The SMILES string of the molecule is Cc1cc(C(N)c2ccc3c(c2)CCCC3)sc1C. The molecule has 1 aromatic carbocycles. The molecule has 0 saturated heterocycles. The van der Waals surface area contributed by atoms with E-state index in [4.69, 9.17) is 5.73 Å². The Bertz CT molecular complexity index is 578. The minimum absolute atomic E-state index is 0.0321. The minimum atomic E-state index is 0.0321. The Hall–Kier alpha value is -1.12. The minimum Gasteiger partial charge on any atom is -0.320 e. The lowest BCUT2D eigenvalue weighted by Crippen LogP contribution is -2.12. The van der Waals surface area contributed by atoms with Crippen LogP contribution in [0.25, 0.3) is 0 Å². The first-order valence-corrected chi connectivity index (χ1v) is 7.91. The summed E-state index contributed by atoms with van der Waals surface area (Å²) in [6.07, 6.45) is 5.12. The largest absolute Gasteiger partial charge is 0.320 e. The fourth-order valence-electron chi connectivity index (χ4n) is 2.87. The lowest BCUT2D eigenvalue weighted by molar-refractivity contribution is 0.683. The smallest absolute Gasteiger partial charge is 0.0646 e. The maximum absolute atomic E-state index is 6.44. The van der Waals surface area contributed by atoms with Gasteiger partial charge in [-0.2, -0.15) is 0 Å². The van der Waals surface area contributed by atoms with Gasteiger partial charge >= 0.3 is 0 Å². The van der Waals surface area contributed by atoms with E-state index in [1.807, 2.05) is 11.3 Å². The van der Waals surface area contributed by atoms with Crippen LogP contribution in [0.4, 0.5) is 0 Å². The number of hydrogen-bond donors (Lipinski definition) is 1. The third kappa shape index (κ3) is 2.47. The molecular formula is C17H21NS. The summed E-state index contributed by atoms with van der Waals surface area (Å²) in [6, 6.07) is 9.12. The van der Waals surface area contributed by atoms with Gasteiger partial charge in [0, 0.05) is 9.75 Å². The van der Waals surface area contributed by atoms with Crippen LogP contribution in [-0.2, 0) is 12.8 Å². The van der Waals surface area contributed by atoms with Gasteiger partial charge in [0.2, 0.25) is 0 Å². The third-order valence-electron chi connectivity index (χ3n) is 4.22. The van der Waals surface area contributed by atoms with Gasteiger partial charge in [0.05, 0.1) is 6.04 Å². The molecule has 1 nitrogen and oxygen atoms in total. The zero-order valence-corrected chi connectivity index (χ0v) is 12.5. The van der Waals surface area contributed by atoms with Crippen molar-refractivity contribution in [2.75, 3.05) is 0 Å². The molecule has 0 amide bonds. The second-order valence-electron chi connectivity index (χ2n) is 5.60. The summed E-state index contributed by atoms with van der Waals surface area (Å²) in [7, 11) is 0. The fraction of sp³-hybridized carbons (Fsp3) is 0.412. The molecule has 1 atom stereocenters. The van der Waals surface area contributed by atoms with Crippen molar-refractivity contribution >= 4 is 11.3 Å². The van der Waals surface area contributed by atoms with Crippen LogP contribution in [0.5, 0.6) is 0 Å². The van der Waals surface area contributed by atoms with E-state index < -0.39 is 0 Å². The monoisotopic (exact) mass is 271 g/mol. The van der Waals surface area contributed by atoms with E-state index in [1.54, 1.807) is 0 Å². The first-order valence-electron chi connectivity index (χ1n) is 7.09. The van der Waals surface area contributed by atoms with E-state index in [0.717, 1.165) is 0 Å².